The number of azide groups is 1. The van der Waals surface area contributed by atoms with Crippen molar-refractivity contribution in [2.45, 2.75) is 120 Å². The number of esters is 3. The number of ether oxygens (including phenoxy) is 6. The Morgan fingerprint density at radius 1 is 0.500 bits per heavy atom. The molecule has 2 aliphatic heterocycles. The standard InChI is InChI=1S/C67H72N4O13Si2/c1-45(72)69-55-56(73)57(53(79-61(55)70-71-68)43-77-85(66(2,3)4,49-35-21-11-22-36-49)50-37-23-12-24-38-50)84-65-60(83-64(76)48-33-19-10-20-34-48)59(82-63(75)47-31-17-9-18-32-47)58(81-62(74)46-29-15-8-16-30-46)54(80-65)44-78-86(67(5,6)7,51-39-25-13-26-40-51)52-41-27-14-28-42-52/h8-42,53-61,65,73H,43-44H2,1-7H3,(H,69,72)/t53-,54-,55-,56-,57-,58+,59+,60-,61-,65+/m1/s1. The lowest BCUT2D eigenvalue weighted by Gasteiger charge is -2.50. The van der Waals surface area contributed by atoms with Gasteiger partial charge >= 0.3 is 17.9 Å². The van der Waals surface area contributed by atoms with Crippen LogP contribution >= 0.6 is 0 Å². The minimum atomic E-state index is -3.49. The monoisotopic (exact) mass is 1200 g/mol. The van der Waals surface area contributed by atoms with Gasteiger partial charge in [-0.1, -0.05) is 223 Å². The predicted octanol–water partition coefficient (Wildman–Crippen LogP) is 8.83. The molecule has 10 atom stereocenters. The average Bonchev–Trinajstić information content (AvgIpc) is 0.910. The lowest BCUT2D eigenvalue weighted by atomic mass is 9.94. The van der Waals surface area contributed by atoms with E-state index < -0.39 is 112 Å². The van der Waals surface area contributed by atoms with E-state index in [1.807, 2.05) is 121 Å². The number of carbonyl (C=O) groups excluding carboxylic acids is 4. The first-order valence-corrected chi connectivity index (χ1v) is 32.4. The summed E-state index contributed by atoms with van der Waals surface area (Å²) in [7, 11) is -6.92. The number of nitrogens with zero attached hydrogens (tertiary/aromatic N) is 3. The van der Waals surface area contributed by atoms with E-state index in [0.29, 0.717) is 0 Å². The summed E-state index contributed by atoms with van der Waals surface area (Å²) in [4.78, 5) is 60.4. The first kappa shape index (κ1) is 62.5. The van der Waals surface area contributed by atoms with E-state index in [9.17, 15) is 29.8 Å². The molecule has 2 heterocycles. The zero-order valence-corrected chi connectivity index (χ0v) is 51.1. The largest absolute Gasteiger partial charge is 0.452 e. The third-order valence-electron chi connectivity index (χ3n) is 15.6. The van der Waals surface area contributed by atoms with Crippen LogP contribution in [0.25, 0.3) is 10.4 Å². The molecule has 9 rings (SSSR count). The van der Waals surface area contributed by atoms with Crippen LogP contribution in [0.2, 0.25) is 10.1 Å². The van der Waals surface area contributed by atoms with Gasteiger partial charge in [-0.3, -0.25) is 4.79 Å². The molecular weight excluding hydrogens is 1120 g/mol. The molecule has 0 bridgehead atoms. The summed E-state index contributed by atoms with van der Waals surface area (Å²) in [5, 5.41) is 22.1. The minimum Gasteiger partial charge on any atom is -0.452 e. The number of benzene rings is 7. The SMILES string of the molecule is CC(=O)N[C@@H]1[C@@H](O)[C@H](O[C@@H]2O[C@H](CO[Si](c3ccccc3)(c3ccccc3)C(C)(C)C)[C@H](OC(=O)c3ccccc3)[C@H](OC(=O)c3ccccc3)[C@H]2OC(=O)c2ccccc2)[C@@H](CO[Si](c2ccccc2)(c2ccccc2)C(C)(C)C)O[C@H]1N=[N+]=[N-]. The second kappa shape index (κ2) is 27.5. The van der Waals surface area contributed by atoms with Crippen LogP contribution in [0.3, 0.4) is 0 Å². The molecule has 0 unspecified atom stereocenters. The molecule has 2 aliphatic rings. The first-order valence-electron chi connectivity index (χ1n) is 28.6. The molecule has 0 spiro atoms. The fourth-order valence-corrected chi connectivity index (χ4v) is 20.8. The van der Waals surface area contributed by atoms with Gasteiger partial charge in [0.15, 0.2) is 30.8 Å². The Morgan fingerprint density at radius 3 is 1.16 bits per heavy atom. The smallest absolute Gasteiger partial charge is 0.338 e. The molecule has 0 aromatic heterocycles. The van der Waals surface area contributed by atoms with Crippen molar-refractivity contribution in [2.75, 3.05) is 13.2 Å². The molecule has 0 saturated carbocycles. The third kappa shape index (κ3) is 13.6. The van der Waals surface area contributed by atoms with Gasteiger partial charge in [0, 0.05) is 11.8 Å². The molecule has 2 saturated heterocycles. The highest BCUT2D eigenvalue weighted by Gasteiger charge is 2.59. The van der Waals surface area contributed by atoms with Crippen molar-refractivity contribution in [3.63, 3.8) is 0 Å². The van der Waals surface area contributed by atoms with E-state index in [0.717, 1.165) is 20.7 Å². The molecule has 19 heteroatoms. The summed E-state index contributed by atoms with van der Waals surface area (Å²) in [5.74, 6) is -3.22. The Kier molecular flexibility index (Phi) is 20.0. The quantitative estimate of drug-likeness (QED) is 0.0182. The Hall–Kier alpha value is -8.08. The first-order chi connectivity index (χ1) is 41.4. The zero-order chi connectivity index (χ0) is 61.1. The van der Waals surface area contributed by atoms with Crippen LogP contribution in [0, 0.1) is 0 Å². The molecular formula is C67H72N4O13Si2. The van der Waals surface area contributed by atoms with E-state index in [2.05, 4.69) is 56.9 Å². The van der Waals surface area contributed by atoms with Crippen LogP contribution < -0.4 is 26.1 Å². The second-order valence-corrected chi connectivity index (χ2v) is 31.9. The van der Waals surface area contributed by atoms with Gasteiger partial charge in [-0.05, 0) is 72.8 Å². The number of rotatable bonds is 20. The number of hydrogen-bond acceptors (Lipinski definition) is 14. The summed E-state index contributed by atoms with van der Waals surface area (Å²) in [6.45, 7) is 13.1. The van der Waals surface area contributed by atoms with Crippen LogP contribution in [0.1, 0.15) is 79.5 Å². The maximum absolute atomic E-state index is 14.8. The Bertz CT molecular complexity index is 3340. The van der Waals surface area contributed by atoms with Crippen molar-refractivity contribution in [2.24, 2.45) is 5.11 Å². The zero-order valence-electron chi connectivity index (χ0n) is 49.1. The van der Waals surface area contributed by atoms with Crippen molar-refractivity contribution in [3.8, 4) is 0 Å². The minimum absolute atomic E-state index is 0.0925. The van der Waals surface area contributed by atoms with E-state index >= 15 is 0 Å². The lowest BCUT2D eigenvalue weighted by molar-refractivity contribution is -0.333. The van der Waals surface area contributed by atoms with Crippen molar-refractivity contribution >= 4 is 61.2 Å². The summed E-state index contributed by atoms with van der Waals surface area (Å²) in [5.41, 5.74) is 10.3. The van der Waals surface area contributed by atoms with Crippen LogP contribution in [-0.4, -0.2) is 120 Å². The highest BCUT2D eigenvalue weighted by atomic mass is 28.4. The summed E-state index contributed by atoms with van der Waals surface area (Å²) in [6, 6.07) is 62.3. The van der Waals surface area contributed by atoms with Crippen LogP contribution in [0.5, 0.6) is 0 Å². The third-order valence-corrected chi connectivity index (χ3v) is 25.6. The molecule has 2 fully saturated rings. The van der Waals surface area contributed by atoms with Gasteiger partial charge in [0.1, 0.15) is 24.4 Å². The molecule has 7 aromatic rings. The highest BCUT2D eigenvalue weighted by Crippen LogP contribution is 2.41. The van der Waals surface area contributed by atoms with Gasteiger partial charge in [-0.25, -0.2) is 14.4 Å². The molecule has 7 aromatic carbocycles. The van der Waals surface area contributed by atoms with Gasteiger partial charge in [0.05, 0.1) is 35.9 Å². The van der Waals surface area contributed by atoms with Gasteiger partial charge in [-0.15, -0.1) is 0 Å². The average molecular weight is 1200 g/mol. The Morgan fingerprint density at radius 2 is 0.826 bits per heavy atom. The number of carbonyl (C=O) groups is 4. The van der Waals surface area contributed by atoms with E-state index in [1.54, 1.807) is 78.9 Å². The van der Waals surface area contributed by atoms with Crippen molar-refractivity contribution < 1.29 is 61.6 Å². The van der Waals surface area contributed by atoms with E-state index in [4.69, 9.17) is 37.3 Å². The van der Waals surface area contributed by atoms with Crippen molar-refractivity contribution in [1.29, 1.82) is 0 Å². The van der Waals surface area contributed by atoms with Gasteiger partial charge in [-0.2, -0.15) is 0 Å². The molecule has 1 amide bonds. The lowest BCUT2D eigenvalue weighted by Crippen LogP contribution is -2.70. The van der Waals surface area contributed by atoms with Crippen molar-refractivity contribution in [1.82, 2.24) is 5.32 Å². The highest BCUT2D eigenvalue weighted by molar-refractivity contribution is 7.00. The van der Waals surface area contributed by atoms with Crippen LogP contribution in [0.15, 0.2) is 217 Å². The maximum atomic E-state index is 14.8. The van der Waals surface area contributed by atoms with Gasteiger partial charge < -0.3 is 47.7 Å². The normalized spacial score (nSPS) is 22.5. The Balaban J connectivity index is 1.23. The molecule has 0 aliphatic carbocycles. The summed E-state index contributed by atoms with van der Waals surface area (Å²) < 4.78 is 55.7. The summed E-state index contributed by atoms with van der Waals surface area (Å²) >= 11 is 0. The van der Waals surface area contributed by atoms with Gasteiger partial charge in [0.2, 0.25) is 5.91 Å². The van der Waals surface area contributed by atoms with E-state index in [1.165, 1.54) is 19.1 Å². The molecule has 86 heavy (non-hydrogen) atoms. The van der Waals surface area contributed by atoms with Crippen molar-refractivity contribution in [3.05, 3.63) is 239 Å². The number of amides is 1. The molecule has 17 nitrogen and oxygen atoms in total. The molecule has 2 N–H and O–H groups in total. The number of nitrogens with one attached hydrogen (secondary N) is 1. The van der Waals surface area contributed by atoms with Gasteiger partial charge in [0.25, 0.3) is 16.6 Å². The fraction of sp³-hybridized carbons (Fsp3) is 0.313. The molecule has 0 radical (unpaired) electrons. The summed E-state index contributed by atoms with van der Waals surface area (Å²) in [6.07, 6.45) is -14.7. The maximum Gasteiger partial charge on any atom is 0.338 e. The van der Waals surface area contributed by atoms with E-state index in [-0.39, 0.29) is 29.9 Å². The number of aliphatic hydroxyl groups excluding tert-OH is 1. The molecule has 446 valence electrons. The number of hydrogen-bond donors (Lipinski definition) is 2. The fourth-order valence-electron chi connectivity index (χ4n) is 11.7. The number of aliphatic hydroxyl groups is 1. The van der Waals surface area contributed by atoms with Crippen LogP contribution in [0.4, 0.5) is 0 Å². The second-order valence-electron chi connectivity index (χ2n) is 23.3. The Labute approximate surface area is 503 Å². The van der Waals surface area contributed by atoms with Crippen LogP contribution in [-0.2, 0) is 42.1 Å². The topological polar surface area (TPSA) is 223 Å². The predicted molar refractivity (Wildman–Crippen MR) is 329 cm³/mol.